The van der Waals surface area contributed by atoms with Crippen LogP contribution in [0.4, 0.5) is 5.13 Å². The fraction of sp³-hybridized carbons (Fsp3) is 0.0645. The van der Waals surface area contributed by atoms with Crippen LogP contribution in [0.15, 0.2) is 103 Å². The first kappa shape index (κ1) is 23.3. The van der Waals surface area contributed by atoms with E-state index in [1.165, 1.54) is 11.3 Å². The lowest BCUT2D eigenvalue weighted by Crippen LogP contribution is -2.30. The van der Waals surface area contributed by atoms with Crippen LogP contribution in [-0.2, 0) is 6.54 Å². The van der Waals surface area contributed by atoms with E-state index in [9.17, 15) is 4.79 Å². The number of benzene rings is 4. The van der Waals surface area contributed by atoms with Gasteiger partial charge in [-0.15, -0.1) is 0 Å². The summed E-state index contributed by atoms with van der Waals surface area (Å²) in [5.74, 6) is -0.132. The van der Waals surface area contributed by atoms with Crippen LogP contribution >= 0.6 is 22.9 Å². The monoisotopic (exact) mass is 519 g/mol. The molecule has 0 radical (unpaired) electrons. The minimum Gasteiger partial charge on any atom is -0.279 e. The number of fused-ring (bicyclic) bond motifs is 2. The number of pyridine rings is 1. The summed E-state index contributed by atoms with van der Waals surface area (Å²) in [4.78, 5) is 25.9. The first-order valence-electron chi connectivity index (χ1n) is 11.9. The molecule has 0 aliphatic carbocycles. The minimum absolute atomic E-state index is 0.132. The van der Waals surface area contributed by atoms with Gasteiger partial charge in [0.15, 0.2) is 5.13 Å². The average molecular weight is 520 g/mol. The van der Waals surface area contributed by atoms with Crippen molar-refractivity contribution in [2.75, 3.05) is 4.90 Å². The van der Waals surface area contributed by atoms with Crippen LogP contribution in [0.1, 0.15) is 21.5 Å². The molecule has 0 spiro atoms. The highest BCUT2D eigenvalue weighted by atomic mass is 35.5. The van der Waals surface area contributed by atoms with Gasteiger partial charge in [0.25, 0.3) is 5.91 Å². The maximum atomic E-state index is 14.4. The van der Waals surface area contributed by atoms with E-state index < -0.39 is 0 Å². The smallest absolute Gasteiger partial charge is 0.261 e. The van der Waals surface area contributed by atoms with Crippen molar-refractivity contribution in [1.82, 2.24) is 9.97 Å². The van der Waals surface area contributed by atoms with E-state index in [0.717, 1.165) is 43.5 Å². The number of thiazole rings is 1. The van der Waals surface area contributed by atoms with E-state index in [1.54, 1.807) is 4.90 Å². The van der Waals surface area contributed by atoms with Crippen molar-refractivity contribution < 1.29 is 4.79 Å². The highest BCUT2D eigenvalue weighted by Gasteiger charge is 2.25. The highest BCUT2D eigenvalue weighted by Crippen LogP contribution is 2.37. The lowest BCUT2D eigenvalue weighted by atomic mass is 10.0. The number of hydrogen-bond donors (Lipinski definition) is 0. The first-order valence-corrected chi connectivity index (χ1v) is 13.1. The predicted octanol–water partition coefficient (Wildman–Crippen LogP) is 8.32. The molecule has 4 nitrogen and oxygen atoms in total. The van der Waals surface area contributed by atoms with Crippen molar-refractivity contribution in [3.63, 3.8) is 0 Å². The molecular formula is C31H22ClN3OS. The number of rotatable bonds is 5. The van der Waals surface area contributed by atoms with E-state index in [4.69, 9.17) is 21.6 Å². The van der Waals surface area contributed by atoms with E-state index in [-0.39, 0.29) is 5.91 Å². The standard InChI is InChI=1S/C31H22ClN3OS/c1-20-16-17-25(32)29-28(20)34-31(37-29)35(19-21-10-4-2-5-11-21)30(36)24-18-27(22-12-6-3-7-13-22)33-26-15-9-8-14-23(24)26/h2-18H,19H2,1H3. The summed E-state index contributed by atoms with van der Waals surface area (Å²) in [6, 6.07) is 33.4. The van der Waals surface area contributed by atoms with E-state index in [2.05, 4.69) is 0 Å². The summed E-state index contributed by atoms with van der Waals surface area (Å²) in [6.07, 6.45) is 0. The fourth-order valence-corrected chi connectivity index (χ4v) is 5.77. The van der Waals surface area contributed by atoms with E-state index in [0.29, 0.717) is 22.3 Å². The number of nitrogens with zero attached hydrogens (tertiary/aromatic N) is 3. The lowest BCUT2D eigenvalue weighted by Gasteiger charge is -2.21. The Bertz CT molecular complexity index is 1710. The molecule has 0 aliphatic rings. The summed E-state index contributed by atoms with van der Waals surface area (Å²) < 4.78 is 0.882. The van der Waals surface area contributed by atoms with Gasteiger partial charge in [-0.05, 0) is 36.2 Å². The van der Waals surface area contributed by atoms with Gasteiger partial charge in [-0.3, -0.25) is 9.69 Å². The maximum absolute atomic E-state index is 14.4. The summed E-state index contributed by atoms with van der Waals surface area (Å²) in [7, 11) is 0. The third kappa shape index (κ3) is 4.48. The minimum atomic E-state index is -0.132. The Balaban J connectivity index is 1.54. The van der Waals surface area contributed by atoms with Gasteiger partial charge in [-0.2, -0.15) is 0 Å². The van der Waals surface area contributed by atoms with Crippen molar-refractivity contribution in [2.24, 2.45) is 0 Å². The highest BCUT2D eigenvalue weighted by molar-refractivity contribution is 7.23. The zero-order valence-corrected chi connectivity index (χ0v) is 21.6. The third-order valence-electron chi connectivity index (χ3n) is 6.36. The van der Waals surface area contributed by atoms with Crippen molar-refractivity contribution in [3.05, 3.63) is 125 Å². The Labute approximate surface area is 223 Å². The summed E-state index contributed by atoms with van der Waals surface area (Å²) in [6.45, 7) is 2.39. The lowest BCUT2D eigenvalue weighted by molar-refractivity contribution is 0.0986. The van der Waals surface area contributed by atoms with Crippen molar-refractivity contribution >= 4 is 55.1 Å². The molecule has 0 fully saturated rings. The molecule has 2 aromatic heterocycles. The van der Waals surface area contributed by atoms with Crippen LogP contribution < -0.4 is 4.90 Å². The van der Waals surface area contributed by atoms with Gasteiger partial charge < -0.3 is 0 Å². The Kier molecular flexibility index (Phi) is 6.16. The van der Waals surface area contributed by atoms with Gasteiger partial charge in [0.1, 0.15) is 0 Å². The second kappa shape index (κ2) is 9.77. The number of aryl methyl sites for hydroxylation is 1. The molecule has 0 saturated heterocycles. The summed E-state index contributed by atoms with van der Waals surface area (Å²) in [5.41, 5.74) is 5.93. The number of amides is 1. The Hall–Kier alpha value is -4.06. The molecule has 4 aromatic carbocycles. The largest absolute Gasteiger partial charge is 0.279 e. The molecule has 0 unspecified atom stereocenters. The second-order valence-electron chi connectivity index (χ2n) is 8.85. The average Bonchev–Trinajstić information content (AvgIpc) is 3.40. The van der Waals surface area contributed by atoms with Crippen LogP contribution in [0.2, 0.25) is 5.02 Å². The number of aromatic nitrogens is 2. The van der Waals surface area contributed by atoms with E-state index in [1.807, 2.05) is 110 Å². The Morgan fingerprint density at radius 1 is 0.865 bits per heavy atom. The van der Waals surface area contributed by atoms with E-state index >= 15 is 0 Å². The molecule has 6 rings (SSSR count). The van der Waals surface area contributed by atoms with Crippen LogP contribution in [0.25, 0.3) is 32.4 Å². The topological polar surface area (TPSA) is 46.1 Å². The Morgan fingerprint density at radius 2 is 1.57 bits per heavy atom. The molecule has 2 heterocycles. The predicted molar refractivity (Wildman–Crippen MR) is 154 cm³/mol. The maximum Gasteiger partial charge on any atom is 0.261 e. The van der Waals surface area contributed by atoms with Gasteiger partial charge in [-0.1, -0.05) is 108 Å². The molecule has 0 saturated carbocycles. The normalized spacial score (nSPS) is 11.2. The van der Waals surface area contributed by atoms with Gasteiger partial charge >= 0.3 is 0 Å². The SMILES string of the molecule is Cc1ccc(Cl)c2sc(N(Cc3ccccc3)C(=O)c3cc(-c4ccccc4)nc4ccccc34)nc12. The zero-order chi connectivity index (χ0) is 25.4. The second-order valence-corrected chi connectivity index (χ2v) is 10.2. The van der Waals surface area contributed by atoms with Crippen molar-refractivity contribution in [2.45, 2.75) is 13.5 Å². The molecule has 0 bridgehead atoms. The molecule has 6 heteroatoms. The third-order valence-corrected chi connectivity index (χ3v) is 7.90. The molecule has 0 aliphatic heterocycles. The van der Waals surface area contributed by atoms with Crippen molar-refractivity contribution in [1.29, 1.82) is 0 Å². The number of carbonyl (C=O) groups excluding carboxylic acids is 1. The Morgan fingerprint density at radius 3 is 2.32 bits per heavy atom. The van der Waals surface area contributed by atoms with Crippen LogP contribution in [0.3, 0.4) is 0 Å². The number of hydrogen-bond acceptors (Lipinski definition) is 4. The summed E-state index contributed by atoms with van der Waals surface area (Å²) in [5, 5.41) is 2.06. The fourth-order valence-electron chi connectivity index (χ4n) is 4.45. The zero-order valence-electron chi connectivity index (χ0n) is 20.1. The van der Waals surface area contributed by atoms with Gasteiger partial charge in [0.2, 0.25) is 0 Å². The molecule has 37 heavy (non-hydrogen) atoms. The molecule has 1 amide bonds. The molecule has 0 atom stereocenters. The van der Waals surface area contributed by atoms with Crippen LogP contribution in [0, 0.1) is 6.92 Å². The molecule has 6 aromatic rings. The van der Waals surface area contributed by atoms with Gasteiger partial charge in [-0.25, -0.2) is 9.97 Å². The quantitative estimate of drug-likeness (QED) is 0.230. The number of carbonyl (C=O) groups is 1. The van der Waals surface area contributed by atoms with Crippen LogP contribution in [-0.4, -0.2) is 15.9 Å². The molecule has 180 valence electrons. The molecule has 0 N–H and O–H groups in total. The number of para-hydroxylation sites is 1. The van der Waals surface area contributed by atoms with Gasteiger partial charge in [0, 0.05) is 10.9 Å². The first-order chi connectivity index (χ1) is 18.1. The van der Waals surface area contributed by atoms with Gasteiger partial charge in [0.05, 0.1) is 38.6 Å². The van der Waals surface area contributed by atoms with Crippen molar-refractivity contribution in [3.8, 4) is 11.3 Å². The van der Waals surface area contributed by atoms with Crippen LogP contribution in [0.5, 0.6) is 0 Å². The molecular weight excluding hydrogens is 498 g/mol. The number of anilines is 1. The summed E-state index contributed by atoms with van der Waals surface area (Å²) >= 11 is 7.97. The number of halogens is 1.